The summed E-state index contributed by atoms with van der Waals surface area (Å²) < 4.78 is 33.8. The molecule has 0 saturated carbocycles. The molecule has 1 N–H and O–H groups in total. The molecule has 0 spiro atoms. The molecule has 0 saturated heterocycles. The van der Waals surface area contributed by atoms with Crippen molar-refractivity contribution in [2.45, 2.75) is 25.6 Å². The number of benzene rings is 1. The highest BCUT2D eigenvalue weighted by atomic mass is 35.5. The van der Waals surface area contributed by atoms with Crippen molar-refractivity contribution in [1.29, 1.82) is 0 Å². The number of methoxy groups -OCH3 is 1. The van der Waals surface area contributed by atoms with Crippen molar-refractivity contribution in [2.75, 3.05) is 18.6 Å². The summed E-state index contributed by atoms with van der Waals surface area (Å²) >= 11 is 6.13. The SMILES string of the molecule is CO[C@@H]1CN(c2cn[nH]c(=O)c2Cl)Cc2nnn(Cc3ccccc3C(F)F)c21. The van der Waals surface area contributed by atoms with Crippen LogP contribution in [0.25, 0.3) is 0 Å². The molecule has 1 atom stereocenters. The Hall–Kier alpha value is -2.85. The maximum Gasteiger partial charge on any atom is 0.285 e. The summed E-state index contributed by atoms with van der Waals surface area (Å²) in [7, 11) is 1.54. The Labute approximate surface area is 169 Å². The molecule has 0 fully saturated rings. The van der Waals surface area contributed by atoms with E-state index in [0.717, 1.165) is 0 Å². The average Bonchev–Trinajstić information content (AvgIpc) is 3.12. The number of rotatable bonds is 5. The number of halogens is 3. The van der Waals surface area contributed by atoms with Crippen LogP contribution in [0.4, 0.5) is 14.5 Å². The number of H-pyrrole nitrogens is 1. The minimum atomic E-state index is -2.58. The van der Waals surface area contributed by atoms with Crippen molar-refractivity contribution in [3.63, 3.8) is 0 Å². The lowest BCUT2D eigenvalue weighted by Crippen LogP contribution is -2.36. The summed E-state index contributed by atoms with van der Waals surface area (Å²) in [4.78, 5) is 13.6. The Morgan fingerprint density at radius 1 is 1.38 bits per heavy atom. The average molecular weight is 423 g/mol. The summed E-state index contributed by atoms with van der Waals surface area (Å²) in [6.07, 6.45) is -1.56. The smallest absolute Gasteiger partial charge is 0.285 e. The third-order valence-electron chi connectivity index (χ3n) is 4.89. The summed E-state index contributed by atoms with van der Waals surface area (Å²) in [5.41, 5.74) is 1.73. The summed E-state index contributed by atoms with van der Waals surface area (Å²) in [5.74, 6) is 0. The van der Waals surface area contributed by atoms with Gasteiger partial charge < -0.3 is 9.64 Å². The Bertz CT molecular complexity index is 1090. The third kappa shape index (κ3) is 3.60. The lowest BCUT2D eigenvalue weighted by molar-refractivity contribution is 0.0949. The largest absolute Gasteiger partial charge is 0.373 e. The number of aromatic amines is 1. The number of hydrogen-bond acceptors (Lipinski definition) is 6. The first-order chi connectivity index (χ1) is 14.0. The summed E-state index contributed by atoms with van der Waals surface area (Å²) in [5, 5.41) is 14.5. The normalized spacial score (nSPS) is 16.3. The number of anilines is 1. The fourth-order valence-electron chi connectivity index (χ4n) is 3.49. The number of fused-ring (bicyclic) bond motifs is 1. The van der Waals surface area contributed by atoms with Crippen LogP contribution in [0.2, 0.25) is 5.02 Å². The molecule has 3 heterocycles. The van der Waals surface area contributed by atoms with Gasteiger partial charge in [0.25, 0.3) is 12.0 Å². The maximum absolute atomic E-state index is 13.3. The monoisotopic (exact) mass is 422 g/mol. The van der Waals surface area contributed by atoms with Crippen molar-refractivity contribution in [3.05, 3.63) is 68.4 Å². The minimum Gasteiger partial charge on any atom is -0.373 e. The number of aromatic nitrogens is 5. The molecule has 8 nitrogen and oxygen atoms in total. The van der Waals surface area contributed by atoms with E-state index in [1.54, 1.807) is 30.0 Å². The van der Waals surface area contributed by atoms with Crippen LogP contribution in [-0.4, -0.2) is 38.8 Å². The molecule has 3 aromatic rings. The van der Waals surface area contributed by atoms with Crippen LogP contribution in [0.3, 0.4) is 0 Å². The fraction of sp³-hybridized carbons (Fsp3) is 0.333. The van der Waals surface area contributed by atoms with Gasteiger partial charge in [-0.25, -0.2) is 18.6 Å². The Balaban J connectivity index is 1.68. The molecule has 0 amide bonds. The lowest BCUT2D eigenvalue weighted by atomic mass is 10.1. The molecule has 1 aromatic carbocycles. The van der Waals surface area contributed by atoms with Gasteiger partial charge in [0.15, 0.2) is 0 Å². The number of nitrogens with zero attached hydrogens (tertiary/aromatic N) is 5. The van der Waals surface area contributed by atoms with Gasteiger partial charge >= 0.3 is 0 Å². The molecule has 0 unspecified atom stereocenters. The molecular weight excluding hydrogens is 406 g/mol. The highest BCUT2D eigenvalue weighted by Crippen LogP contribution is 2.33. The number of ether oxygens (including phenoxy) is 1. The van der Waals surface area contributed by atoms with Gasteiger partial charge in [-0.3, -0.25) is 4.79 Å². The van der Waals surface area contributed by atoms with Crippen molar-refractivity contribution in [1.82, 2.24) is 25.2 Å². The maximum atomic E-state index is 13.3. The van der Waals surface area contributed by atoms with Gasteiger partial charge in [-0.15, -0.1) is 5.10 Å². The molecule has 4 rings (SSSR count). The zero-order valence-electron chi connectivity index (χ0n) is 15.3. The molecule has 0 aliphatic carbocycles. The molecule has 2 aromatic heterocycles. The number of nitrogens with one attached hydrogen (secondary N) is 1. The van der Waals surface area contributed by atoms with Crippen LogP contribution in [0, 0.1) is 0 Å². The molecule has 1 aliphatic heterocycles. The van der Waals surface area contributed by atoms with Crippen LogP contribution in [0.1, 0.15) is 35.0 Å². The molecular formula is C18H17ClF2N6O2. The predicted molar refractivity (Wildman–Crippen MR) is 101 cm³/mol. The first-order valence-electron chi connectivity index (χ1n) is 8.78. The van der Waals surface area contributed by atoms with Crippen LogP contribution >= 0.6 is 11.6 Å². The van der Waals surface area contributed by atoms with E-state index in [1.165, 1.54) is 12.3 Å². The van der Waals surface area contributed by atoms with Gasteiger partial charge in [0.05, 0.1) is 37.2 Å². The van der Waals surface area contributed by atoms with E-state index >= 15 is 0 Å². The standard InChI is InChI=1S/C18H17ClF2N6O2/c1-29-14-9-26(13-6-22-24-18(28)15(13)19)8-12-16(14)27(25-23-12)7-10-4-2-3-5-11(10)17(20)21/h2-6,14,17H,7-9H2,1H3,(H,24,28)/t14-/m1/s1. The highest BCUT2D eigenvalue weighted by Gasteiger charge is 2.32. The van der Waals surface area contributed by atoms with Gasteiger partial charge in [-0.05, 0) is 5.56 Å². The van der Waals surface area contributed by atoms with E-state index < -0.39 is 18.1 Å². The topological polar surface area (TPSA) is 88.9 Å². The quantitative estimate of drug-likeness (QED) is 0.680. The molecule has 1 aliphatic rings. The molecule has 152 valence electrons. The molecule has 11 heteroatoms. The van der Waals surface area contributed by atoms with Crippen molar-refractivity contribution >= 4 is 17.3 Å². The Morgan fingerprint density at radius 3 is 2.93 bits per heavy atom. The van der Waals surface area contributed by atoms with Crippen LogP contribution in [0.15, 0.2) is 35.3 Å². The van der Waals surface area contributed by atoms with Crippen LogP contribution in [-0.2, 0) is 17.8 Å². The van der Waals surface area contributed by atoms with E-state index in [0.29, 0.717) is 35.7 Å². The van der Waals surface area contributed by atoms with Gasteiger partial charge in [-0.2, -0.15) is 5.10 Å². The van der Waals surface area contributed by atoms with Gasteiger partial charge in [0, 0.05) is 12.7 Å². The third-order valence-corrected chi connectivity index (χ3v) is 5.26. The predicted octanol–water partition coefficient (Wildman–Crippen LogP) is 2.71. The fourth-order valence-corrected chi connectivity index (χ4v) is 3.70. The Kier molecular flexibility index (Phi) is 5.29. The molecule has 29 heavy (non-hydrogen) atoms. The van der Waals surface area contributed by atoms with E-state index in [-0.39, 0.29) is 17.1 Å². The van der Waals surface area contributed by atoms with Crippen LogP contribution < -0.4 is 10.5 Å². The van der Waals surface area contributed by atoms with Crippen molar-refractivity contribution in [3.8, 4) is 0 Å². The second kappa shape index (κ2) is 7.88. The zero-order valence-corrected chi connectivity index (χ0v) is 16.1. The number of hydrogen-bond donors (Lipinski definition) is 1. The first kappa shape index (κ1) is 19.5. The zero-order chi connectivity index (χ0) is 20.5. The van der Waals surface area contributed by atoms with E-state index in [2.05, 4.69) is 20.5 Å². The van der Waals surface area contributed by atoms with Crippen molar-refractivity contribution < 1.29 is 13.5 Å². The molecule has 0 radical (unpaired) electrons. The number of alkyl halides is 2. The second-order valence-electron chi connectivity index (χ2n) is 6.58. The Morgan fingerprint density at radius 2 is 2.17 bits per heavy atom. The van der Waals surface area contributed by atoms with E-state index in [9.17, 15) is 13.6 Å². The van der Waals surface area contributed by atoms with Gasteiger partial charge in [0.2, 0.25) is 0 Å². The summed E-state index contributed by atoms with van der Waals surface area (Å²) in [6.45, 7) is 0.852. The minimum absolute atomic E-state index is 0.0246. The first-order valence-corrected chi connectivity index (χ1v) is 9.16. The second-order valence-corrected chi connectivity index (χ2v) is 6.96. The molecule has 0 bridgehead atoms. The lowest BCUT2D eigenvalue weighted by Gasteiger charge is -2.33. The van der Waals surface area contributed by atoms with Crippen molar-refractivity contribution in [2.24, 2.45) is 0 Å². The van der Waals surface area contributed by atoms with Crippen LogP contribution in [0.5, 0.6) is 0 Å². The van der Waals surface area contributed by atoms with E-state index in [4.69, 9.17) is 16.3 Å². The van der Waals surface area contributed by atoms with E-state index in [1.807, 2.05) is 4.90 Å². The van der Waals surface area contributed by atoms with Gasteiger partial charge in [-0.1, -0.05) is 41.1 Å². The van der Waals surface area contributed by atoms with Gasteiger partial charge in [0.1, 0.15) is 16.8 Å². The summed E-state index contributed by atoms with van der Waals surface area (Å²) in [6, 6.07) is 6.34. The highest BCUT2D eigenvalue weighted by molar-refractivity contribution is 6.33.